The van der Waals surface area contributed by atoms with Crippen LogP contribution in [0.3, 0.4) is 0 Å². The highest BCUT2D eigenvalue weighted by Crippen LogP contribution is 2.34. The fourth-order valence-corrected chi connectivity index (χ4v) is 4.30. The Labute approximate surface area is 154 Å². The number of fused-ring (bicyclic) bond motifs is 1. The highest BCUT2D eigenvalue weighted by molar-refractivity contribution is 7.89. The zero-order chi connectivity index (χ0) is 19.1. The molecule has 138 valence electrons. The Kier molecular flexibility index (Phi) is 4.77. The summed E-state index contributed by atoms with van der Waals surface area (Å²) in [6.07, 6.45) is 0.779. The molecule has 26 heavy (non-hydrogen) atoms. The van der Waals surface area contributed by atoms with E-state index < -0.39 is 10.0 Å². The Balaban J connectivity index is 2.07. The van der Waals surface area contributed by atoms with Crippen molar-refractivity contribution in [2.75, 3.05) is 26.1 Å². The molecule has 0 unspecified atom stereocenters. The zero-order valence-electron chi connectivity index (χ0n) is 15.3. The number of nitrogens with zero attached hydrogens (tertiary/aromatic N) is 2. The molecule has 0 fully saturated rings. The van der Waals surface area contributed by atoms with Crippen molar-refractivity contribution in [2.24, 2.45) is 0 Å². The number of benzene rings is 2. The van der Waals surface area contributed by atoms with Gasteiger partial charge in [-0.3, -0.25) is 4.79 Å². The van der Waals surface area contributed by atoms with Crippen LogP contribution in [0, 0.1) is 0 Å². The number of hydrogen-bond donors (Lipinski definition) is 0. The molecule has 1 heterocycles. The summed E-state index contributed by atoms with van der Waals surface area (Å²) in [4.78, 5) is 14.9. The van der Waals surface area contributed by atoms with Gasteiger partial charge in [0.05, 0.1) is 7.11 Å². The van der Waals surface area contributed by atoms with Crippen LogP contribution in [0.15, 0.2) is 47.4 Å². The molecule has 7 heteroatoms. The largest absolute Gasteiger partial charge is 0.495 e. The van der Waals surface area contributed by atoms with Crippen molar-refractivity contribution in [1.82, 2.24) is 4.31 Å². The van der Waals surface area contributed by atoms with Crippen molar-refractivity contribution >= 4 is 21.6 Å². The zero-order valence-corrected chi connectivity index (χ0v) is 16.1. The van der Waals surface area contributed by atoms with Crippen molar-refractivity contribution in [3.8, 4) is 5.75 Å². The van der Waals surface area contributed by atoms with Crippen LogP contribution < -0.4 is 9.64 Å². The van der Waals surface area contributed by atoms with Gasteiger partial charge in [0, 0.05) is 31.4 Å². The maximum atomic E-state index is 13.1. The van der Waals surface area contributed by atoms with Crippen LogP contribution in [0.1, 0.15) is 22.8 Å². The number of anilines is 1. The third-order valence-electron chi connectivity index (χ3n) is 4.60. The Morgan fingerprint density at radius 1 is 1.19 bits per heavy atom. The van der Waals surface area contributed by atoms with Gasteiger partial charge in [-0.1, -0.05) is 18.2 Å². The Morgan fingerprint density at radius 2 is 1.88 bits per heavy atom. The van der Waals surface area contributed by atoms with Gasteiger partial charge in [0.15, 0.2) is 0 Å². The molecular weight excluding hydrogens is 352 g/mol. The molecule has 1 aliphatic heterocycles. The van der Waals surface area contributed by atoms with E-state index in [9.17, 15) is 13.2 Å². The molecule has 0 saturated carbocycles. The second-order valence-electron chi connectivity index (χ2n) is 6.51. The highest BCUT2D eigenvalue weighted by Gasteiger charge is 2.32. The second-order valence-corrected chi connectivity index (χ2v) is 8.63. The molecule has 0 radical (unpaired) electrons. The van der Waals surface area contributed by atoms with E-state index in [0.29, 0.717) is 5.56 Å². The summed E-state index contributed by atoms with van der Waals surface area (Å²) in [6, 6.07) is 12.3. The summed E-state index contributed by atoms with van der Waals surface area (Å²) in [7, 11) is 0.564. The number of hydrogen-bond acceptors (Lipinski definition) is 4. The van der Waals surface area contributed by atoms with Crippen molar-refractivity contribution in [1.29, 1.82) is 0 Å². The number of amides is 1. The minimum absolute atomic E-state index is 0.0101. The number of methoxy groups -OCH3 is 1. The molecule has 0 bridgehead atoms. The molecule has 0 saturated heterocycles. The van der Waals surface area contributed by atoms with Crippen molar-refractivity contribution in [3.05, 3.63) is 53.6 Å². The summed E-state index contributed by atoms with van der Waals surface area (Å²) in [6.45, 7) is 1.99. The van der Waals surface area contributed by atoms with Gasteiger partial charge in [-0.25, -0.2) is 12.7 Å². The minimum atomic E-state index is -3.74. The fraction of sp³-hybridized carbons (Fsp3) is 0.316. The molecule has 0 aliphatic carbocycles. The minimum Gasteiger partial charge on any atom is -0.495 e. The molecule has 2 aromatic rings. The number of rotatable bonds is 4. The van der Waals surface area contributed by atoms with Crippen molar-refractivity contribution < 1.29 is 17.9 Å². The summed E-state index contributed by atoms with van der Waals surface area (Å²) in [5, 5.41) is 0. The average Bonchev–Trinajstić information content (AvgIpc) is 2.96. The van der Waals surface area contributed by atoms with Gasteiger partial charge in [-0.15, -0.1) is 0 Å². The molecule has 0 spiro atoms. The lowest BCUT2D eigenvalue weighted by atomic mass is 10.1. The van der Waals surface area contributed by atoms with E-state index in [1.165, 1.54) is 33.3 Å². The normalized spacial score (nSPS) is 16.7. The van der Waals surface area contributed by atoms with E-state index in [1.807, 2.05) is 31.2 Å². The Hall–Kier alpha value is -2.38. The maximum Gasteiger partial charge on any atom is 0.258 e. The first kappa shape index (κ1) is 18.4. The third-order valence-corrected chi connectivity index (χ3v) is 6.43. The molecule has 1 amide bonds. The van der Waals surface area contributed by atoms with E-state index in [1.54, 1.807) is 11.0 Å². The maximum absolute atomic E-state index is 13.1. The van der Waals surface area contributed by atoms with E-state index >= 15 is 0 Å². The fourth-order valence-electron chi connectivity index (χ4n) is 3.22. The lowest BCUT2D eigenvalue weighted by molar-refractivity contribution is 0.0981. The Bertz CT molecular complexity index is 954. The summed E-state index contributed by atoms with van der Waals surface area (Å²) in [5.41, 5.74) is 2.30. The van der Waals surface area contributed by atoms with Gasteiger partial charge in [0.2, 0.25) is 10.0 Å². The second kappa shape index (κ2) is 6.74. The highest BCUT2D eigenvalue weighted by atomic mass is 32.2. The van der Waals surface area contributed by atoms with Crippen LogP contribution in [0.5, 0.6) is 5.75 Å². The lowest BCUT2D eigenvalue weighted by Gasteiger charge is -2.23. The monoisotopic (exact) mass is 374 g/mol. The number of para-hydroxylation sites is 1. The van der Waals surface area contributed by atoms with Crippen LogP contribution in [-0.2, 0) is 16.4 Å². The van der Waals surface area contributed by atoms with Crippen molar-refractivity contribution in [2.45, 2.75) is 24.3 Å². The summed E-state index contributed by atoms with van der Waals surface area (Å²) in [5.74, 6) is -0.00886. The first-order valence-electron chi connectivity index (χ1n) is 8.29. The Morgan fingerprint density at radius 3 is 2.54 bits per heavy atom. The molecule has 1 atom stereocenters. The van der Waals surface area contributed by atoms with E-state index in [4.69, 9.17) is 4.74 Å². The molecule has 0 N–H and O–H groups in total. The summed E-state index contributed by atoms with van der Waals surface area (Å²) < 4.78 is 31.5. The first-order valence-corrected chi connectivity index (χ1v) is 9.73. The number of sulfonamides is 1. The van der Waals surface area contributed by atoms with Gasteiger partial charge in [0.25, 0.3) is 5.91 Å². The predicted octanol–water partition coefficient (Wildman–Crippen LogP) is 2.54. The predicted molar refractivity (Wildman–Crippen MR) is 100 cm³/mol. The quantitative estimate of drug-likeness (QED) is 0.825. The lowest BCUT2D eigenvalue weighted by Crippen LogP contribution is -2.36. The van der Waals surface area contributed by atoms with Crippen LogP contribution >= 0.6 is 0 Å². The van der Waals surface area contributed by atoms with Gasteiger partial charge >= 0.3 is 0 Å². The molecule has 1 aliphatic rings. The first-order chi connectivity index (χ1) is 12.3. The molecule has 6 nitrogen and oxygen atoms in total. The molecule has 3 rings (SSSR count). The standard InChI is InChI=1S/C19H22N2O4S/c1-13-11-14-7-5-6-8-16(14)21(13)19(22)15-9-10-17(25-4)18(12-15)26(23,24)20(2)3/h5-10,12-13H,11H2,1-4H3/t13-/m1/s1. The van der Waals surface area contributed by atoms with Crippen LogP contribution in [0.2, 0.25) is 0 Å². The van der Waals surface area contributed by atoms with Gasteiger partial charge in [-0.2, -0.15) is 0 Å². The smallest absolute Gasteiger partial charge is 0.258 e. The van der Waals surface area contributed by atoms with E-state index in [2.05, 4.69) is 0 Å². The van der Waals surface area contributed by atoms with Crippen LogP contribution in [0.4, 0.5) is 5.69 Å². The SMILES string of the molecule is COc1ccc(C(=O)N2c3ccccc3C[C@H]2C)cc1S(=O)(=O)N(C)C. The van der Waals surface area contributed by atoms with E-state index in [0.717, 1.165) is 22.0 Å². The topological polar surface area (TPSA) is 66.9 Å². The molecule has 0 aromatic heterocycles. The van der Waals surface area contributed by atoms with Gasteiger partial charge < -0.3 is 9.64 Å². The van der Waals surface area contributed by atoms with Crippen LogP contribution in [-0.4, -0.2) is 45.9 Å². The molecular formula is C19H22N2O4S. The average molecular weight is 374 g/mol. The van der Waals surface area contributed by atoms with E-state index in [-0.39, 0.29) is 22.6 Å². The van der Waals surface area contributed by atoms with Gasteiger partial charge in [-0.05, 0) is 43.2 Å². The number of carbonyl (C=O) groups excluding carboxylic acids is 1. The summed E-state index contributed by atoms with van der Waals surface area (Å²) >= 11 is 0. The molecule has 2 aromatic carbocycles. The van der Waals surface area contributed by atoms with Crippen LogP contribution in [0.25, 0.3) is 0 Å². The number of ether oxygens (including phenoxy) is 1. The van der Waals surface area contributed by atoms with Gasteiger partial charge in [0.1, 0.15) is 10.6 Å². The third kappa shape index (κ3) is 2.97. The van der Waals surface area contributed by atoms with Crippen molar-refractivity contribution in [3.63, 3.8) is 0 Å². The number of carbonyl (C=O) groups is 1.